The molecule has 0 radical (unpaired) electrons. The van der Waals surface area contributed by atoms with Gasteiger partial charge in [0.15, 0.2) is 4.77 Å². The van der Waals surface area contributed by atoms with Gasteiger partial charge in [-0.1, -0.05) is 49.1 Å². The number of nitrogens with zero attached hydrogens (tertiary/aromatic N) is 4. The van der Waals surface area contributed by atoms with Crippen molar-refractivity contribution in [3.8, 4) is 0 Å². The molecule has 0 spiro atoms. The third kappa shape index (κ3) is 5.18. The van der Waals surface area contributed by atoms with Crippen molar-refractivity contribution in [3.05, 3.63) is 67.8 Å². The van der Waals surface area contributed by atoms with Crippen molar-refractivity contribution in [2.45, 2.75) is 57.8 Å². The van der Waals surface area contributed by atoms with Crippen LogP contribution in [0.15, 0.2) is 41.8 Å². The minimum absolute atomic E-state index is 0.488. The first kappa shape index (κ1) is 20.8. The molecular formula is C22H27ClN4S2. The summed E-state index contributed by atoms with van der Waals surface area (Å²) in [5, 5.41) is 7.87. The third-order valence-electron chi connectivity index (χ3n) is 5.53. The number of thiophene rings is 1. The van der Waals surface area contributed by atoms with Crippen LogP contribution < -0.4 is 0 Å². The standard InChI is InChI=1S/C22H27ClN4S2/c1-25(15-17-9-11-18(23)12-10-17)16-26-22(28)27(19-6-3-2-4-7-19)21(24-26)14-20-8-5-13-29-20/h5,8-13,19H,2-4,6-7,14-16H2,1H3. The molecule has 0 N–H and O–H groups in total. The minimum Gasteiger partial charge on any atom is -0.301 e. The molecule has 1 aliphatic rings. The van der Waals surface area contributed by atoms with Crippen molar-refractivity contribution < 1.29 is 0 Å². The van der Waals surface area contributed by atoms with E-state index in [0.29, 0.717) is 12.7 Å². The van der Waals surface area contributed by atoms with E-state index in [2.05, 4.69) is 46.2 Å². The van der Waals surface area contributed by atoms with Crippen LogP contribution in [0.2, 0.25) is 5.02 Å². The zero-order valence-electron chi connectivity index (χ0n) is 16.8. The monoisotopic (exact) mass is 446 g/mol. The molecule has 154 valence electrons. The summed E-state index contributed by atoms with van der Waals surface area (Å²) >= 11 is 13.7. The van der Waals surface area contributed by atoms with Gasteiger partial charge in [-0.25, -0.2) is 4.68 Å². The SMILES string of the molecule is CN(Cc1ccc(Cl)cc1)Cn1nc(Cc2cccs2)n(C2CCCCC2)c1=S. The highest BCUT2D eigenvalue weighted by Gasteiger charge is 2.22. The van der Waals surface area contributed by atoms with Crippen molar-refractivity contribution in [1.82, 2.24) is 19.2 Å². The Labute approximate surface area is 186 Å². The molecule has 7 heteroatoms. The summed E-state index contributed by atoms with van der Waals surface area (Å²) in [6.45, 7) is 1.51. The summed E-state index contributed by atoms with van der Waals surface area (Å²) in [5.74, 6) is 1.10. The summed E-state index contributed by atoms with van der Waals surface area (Å²) in [5.41, 5.74) is 1.23. The van der Waals surface area contributed by atoms with E-state index in [9.17, 15) is 0 Å². The van der Waals surface area contributed by atoms with Gasteiger partial charge < -0.3 is 4.57 Å². The predicted molar refractivity (Wildman–Crippen MR) is 123 cm³/mol. The fourth-order valence-electron chi connectivity index (χ4n) is 4.13. The largest absolute Gasteiger partial charge is 0.301 e. The molecule has 1 saturated carbocycles. The fraction of sp³-hybridized carbons (Fsp3) is 0.455. The third-order valence-corrected chi connectivity index (χ3v) is 7.07. The van der Waals surface area contributed by atoms with Crippen molar-refractivity contribution in [2.24, 2.45) is 0 Å². The molecule has 4 rings (SSSR count). The van der Waals surface area contributed by atoms with Gasteiger partial charge in [0.05, 0.1) is 6.67 Å². The number of hydrogen-bond acceptors (Lipinski definition) is 4. The summed E-state index contributed by atoms with van der Waals surface area (Å²) < 4.78 is 5.21. The predicted octanol–water partition coefficient (Wildman–Crippen LogP) is 6.31. The Morgan fingerprint density at radius 2 is 1.93 bits per heavy atom. The lowest BCUT2D eigenvalue weighted by molar-refractivity contribution is 0.242. The molecule has 2 heterocycles. The molecule has 1 aromatic carbocycles. The second-order valence-corrected chi connectivity index (χ2v) is 9.73. The summed E-state index contributed by atoms with van der Waals surface area (Å²) in [4.78, 5) is 3.58. The minimum atomic E-state index is 0.488. The molecule has 0 bridgehead atoms. The van der Waals surface area contributed by atoms with E-state index in [1.54, 1.807) is 11.3 Å². The summed E-state index contributed by atoms with van der Waals surface area (Å²) in [7, 11) is 2.11. The quantitative estimate of drug-likeness (QED) is 0.397. The van der Waals surface area contributed by atoms with Gasteiger partial charge in [0.25, 0.3) is 0 Å². The maximum absolute atomic E-state index is 6.01. The molecule has 0 atom stereocenters. The molecule has 2 aromatic heterocycles. The van der Waals surface area contributed by atoms with E-state index >= 15 is 0 Å². The number of hydrogen-bond donors (Lipinski definition) is 0. The van der Waals surface area contributed by atoms with Gasteiger partial charge in [0, 0.05) is 28.9 Å². The van der Waals surface area contributed by atoms with Crippen LogP contribution in [0.5, 0.6) is 0 Å². The Morgan fingerprint density at radius 3 is 2.62 bits per heavy atom. The van der Waals surface area contributed by atoms with E-state index < -0.39 is 0 Å². The number of rotatable bonds is 7. The zero-order valence-corrected chi connectivity index (χ0v) is 19.1. The second-order valence-electron chi connectivity index (χ2n) is 7.90. The van der Waals surface area contributed by atoms with Crippen LogP contribution in [0.1, 0.15) is 54.4 Å². The molecular weight excluding hydrogens is 420 g/mol. The highest BCUT2D eigenvalue weighted by molar-refractivity contribution is 7.71. The molecule has 0 amide bonds. The average Bonchev–Trinajstić information content (AvgIpc) is 3.33. The van der Waals surface area contributed by atoms with E-state index in [1.807, 2.05) is 16.8 Å². The van der Waals surface area contributed by atoms with Crippen LogP contribution in [0, 0.1) is 4.77 Å². The fourth-order valence-corrected chi connectivity index (χ4v) is 5.31. The van der Waals surface area contributed by atoms with E-state index in [1.165, 1.54) is 42.5 Å². The lowest BCUT2D eigenvalue weighted by Gasteiger charge is -2.24. The van der Waals surface area contributed by atoms with Gasteiger partial charge in [0.2, 0.25) is 0 Å². The van der Waals surface area contributed by atoms with Gasteiger partial charge in [-0.05, 0) is 61.2 Å². The van der Waals surface area contributed by atoms with Crippen LogP contribution in [-0.4, -0.2) is 26.3 Å². The first-order valence-electron chi connectivity index (χ1n) is 10.2. The molecule has 0 saturated heterocycles. The number of halogens is 1. The van der Waals surface area contributed by atoms with Gasteiger partial charge in [-0.2, -0.15) is 5.10 Å². The Bertz CT molecular complexity index is 969. The van der Waals surface area contributed by atoms with E-state index in [-0.39, 0.29) is 0 Å². The summed E-state index contributed by atoms with van der Waals surface area (Å²) in [6, 6.07) is 12.8. The second kappa shape index (κ2) is 9.56. The van der Waals surface area contributed by atoms with Crippen LogP contribution >= 0.6 is 35.2 Å². The molecule has 3 aromatic rings. The zero-order chi connectivity index (χ0) is 20.2. The highest BCUT2D eigenvalue weighted by atomic mass is 35.5. The molecule has 29 heavy (non-hydrogen) atoms. The van der Waals surface area contributed by atoms with Crippen LogP contribution in [-0.2, 0) is 19.6 Å². The molecule has 1 fully saturated rings. The van der Waals surface area contributed by atoms with E-state index in [4.69, 9.17) is 28.9 Å². The Hall–Kier alpha value is -1.47. The number of benzene rings is 1. The number of aromatic nitrogens is 3. The van der Waals surface area contributed by atoms with Crippen molar-refractivity contribution in [3.63, 3.8) is 0 Å². The van der Waals surface area contributed by atoms with Gasteiger partial charge in [-0.3, -0.25) is 4.90 Å². The Balaban J connectivity index is 1.56. The van der Waals surface area contributed by atoms with Crippen molar-refractivity contribution in [2.75, 3.05) is 7.05 Å². The van der Waals surface area contributed by atoms with Crippen molar-refractivity contribution >= 4 is 35.2 Å². The smallest absolute Gasteiger partial charge is 0.199 e. The van der Waals surface area contributed by atoms with Gasteiger partial charge >= 0.3 is 0 Å². The lowest BCUT2D eigenvalue weighted by atomic mass is 9.95. The average molecular weight is 447 g/mol. The molecule has 1 aliphatic carbocycles. The first-order chi connectivity index (χ1) is 14.1. The molecule has 0 aliphatic heterocycles. The lowest BCUT2D eigenvalue weighted by Crippen LogP contribution is -2.23. The Morgan fingerprint density at radius 1 is 1.17 bits per heavy atom. The summed E-state index contributed by atoms with van der Waals surface area (Å²) in [6.07, 6.45) is 7.17. The molecule has 0 unspecified atom stereocenters. The van der Waals surface area contributed by atoms with Gasteiger partial charge in [-0.15, -0.1) is 11.3 Å². The topological polar surface area (TPSA) is 26.0 Å². The highest BCUT2D eigenvalue weighted by Crippen LogP contribution is 2.30. The maximum atomic E-state index is 6.01. The Kier molecular flexibility index (Phi) is 6.85. The first-order valence-corrected chi connectivity index (χ1v) is 11.9. The van der Waals surface area contributed by atoms with Gasteiger partial charge in [0.1, 0.15) is 5.82 Å². The molecule has 4 nitrogen and oxygen atoms in total. The van der Waals surface area contributed by atoms with Crippen LogP contribution in [0.3, 0.4) is 0 Å². The maximum Gasteiger partial charge on any atom is 0.199 e. The van der Waals surface area contributed by atoms with Crippen LogP contribution in [0.25, 0.3) is 0 Å². The van der Waals surface area contributed by atoms with Crippen LogP contribution in [0.4, 0.5) is 0 Å². The van der Waals surface area contributed by atoms with Crippen molar-refractivity contribution in [1.29, 1.82) is 0 Å². The normalized spacial score (nSPS) is 15.3. The van der Waals surface area contributed by atoms with E-state index in [0.717, 1.165) is 28.6 Å².